The number of amides is 1. The molecular formula is C12H20N2O2. The predicted octanol–water partition coefficient (Wildman–Crippen LogP) is 1.81. The zero-order valence-corrected chi connectivity index (χ0v) is 10.2. The lowest BCUT2D eigenvalue weighted by Crippen LogP contribution is -2.27. The molecule has 0 saturated heterocycles. The summed E-state index contributed by atoms with van der Waals surface area (Å²) in [5, 5.41) is 2.93. The highest BCUT2D eigenvalue weighted by Crippen LogP contribution is 2.21. The van der Waals surface area contributed by atoms with Gasteiger partial charge in [0.25, 0.3) is 0 Å². The van der Waals surface area contributed by atoms with Crippen molar-refractivity contribution in [2.75, 3.05) is 6.54 Å². The van der Waals surface area contributed by atoms with Gasteiger partial charge in [0.2, 0.25) is 5.91 Å². The standard InChI is InChI=1S/C12H20N2O2/c1-8-7-11(10(3)16-8)9(2)14-12(15)5-4-6-13/h7,9H,4-6,13H2,1-3H3,(H,14,15). The van der Waals surface area contributed by atoms with Gasteiger partial charge in [0.15, 0.2) is 0 Å². The van der Waals surface area contributed by atoms with E-state index in [1.165, 1.54) is 0 Å². The van der Waals surface area contributed by atoms with Crippen LogP contribution in [-0.2, 0) is 4.79 Å². The van der Waals surface area contributed by atoms with E-state index in [0.29, 0.717) is 13.0 Å². The molecule has 1 heterocycles. The van der Waals surface area contributed by atoms with E-state index in [2.05, 4.69) is 5.32 Å². The SMILES string of the molecule is Cc1cc(C(C)NC(=O)CCCN)c(C)o1. The van der Waals surface area contributed by atoms with Gasteiger partial charge in [0, 0.05) is 12.0 Å². The van der Waals surface area contributed by atoms with Crippen LogP contribution in [0.2, 0.25) is 0 Å². The van der Waals surface area contributed by atoms with Crippen molar-refractivity contribution in [1.82, 2.24) is 5.32 Å². The quantitative estimate of drug-likeness (QED) is 0.801. The molecule has 1 unspecified atom stereocenters. The first-order valence-corrected chi connectivity index (χ1v) is 5.61. The Kier molecular flexibility index (Phi) is 4.55. The molecule has 1 rings (SSSR count). The second-order valence-corrected chi connectivity index (χ2v) is 4.05. The zero-order valence-electron chi connectivity index (χ0n) is 10.2. The molecule has 4 heteroatoms. The van der Waals surface area contributed by atoms with Crippen molar-refractivity contribution in [1.29, 1.82) is 0 Å². The predicted molar refractivity (Wildman–Crippen MR) is 63.0 cm³/mol. The van der Waals surface area contributed by atoms with Gasteiger partial charge >= 0.3 is 0 Å². The van der Waals surface area contributed by atoms with E-state index < -0.39 is 0 Å². The van der Waals surface area contributed by atoms with Crippen molar-refractivity contribution < 1.29 is 9.21 Å². The topological polar surface area (TPSA) is 68.3 Å². The van der Waals surface area contributed by atoms with E-state index in [1.807, 2.05) is 26.8 Å². The fraction of sp³-hybridized carbons (Fsp3) is 0.583. The number of nitrogens with one attached hydrogen (secondary N) is 1. The maximum absolute atomic E-state index is 11.5. The number of hydrogen-bond acceptors (Lipinski definition) is 3. The average molecular weight is 224 g/mol. The smallest absolute Gasteiger partial charge is 0.220 e. The third-order valence-corrected chi connectivity index (χ3v) is 2.53. The van der Waals surface area contributed by atoms with Crippen LogP contribution in [0.25, 0.3) is 0 Å². The molecule has 3 N–H and O–H groups in total. The molecule has 0 fully saturated rings. The lowest BCUT2D eigenvalue weighted by atomic mass is 10.1. The molecule has 0 bridgehead atoms. The molecule has 1 atom stereocenters. The van der Waals surface area contributed by atoms with Crippen LogP contribution in [0, 0.1) is 13.8 Å². The van der Waals surface area contributed by atoms with Crippen LogP contribution < -0.4 is 11.1 Å². The normalized spacial score (nSPS) is 12.5. The fourth-order valence-electron chi connectivity index (χ4n) is 1.73. The largest absolute Gasteiger partial charge is 0.466 e. The fourth-order valence-corrected chi connectivity index (χ4v) is 1.73. The van der Waals surface area contributed by atoms with Crippen LogP contribution in [0.3, 0.4) is 0 Å². The van der Waals surface area contributed by atoms with Gasteiger partial charge in [0.1, 0.15) is 11.5 Å². The Bertz CT molecular complexity index is 358. The summed E-state index contributed by atoms with van der Waals surface area (Å²) in [6.07, 6.45) is 1.21. The molecule has 0 saturated carbocycles. The van der Waals surface area contributed by atoms with Gasteiger partial charge in [-0.05, 0) is 39.8 Å². The van der Waals surface area contributed by atoms with E-state index in [4.69, 9.17) is 10.2 Å². The average Bonchev–Trinajstić information content (AvgIpc) is 2.54. The Morgan fingerprint density at radius 2 is 2.25 bits per heavy atom. The zero-order chi connectivity index (χ0) is 12.1. The van der Waals surface area contributed by atoms with Crippen molar-refractivity contribution in [2.45, 2.75) is 39.7 Å². The number of nitrogens with two attached hydrogens (primary N) is 1. The summed E-state index contributed by atoms with van der Waals surface area (Å²) in [4.78, 5) is 11.5. The van der Waals surface area contributed by atoms with Gasteiger partial charge in [-0.3, -0.25) is 4.79 Å². The van der Waals surface area contributed by atoms with Gasteiger partial charge in [-0.2, -0.15) is 0 Å². The van der Waals surface area contributed by atoms with Crippen molar-refractivity contribution in [3.8, 4) is 0 Å². The molecular weight excluding hydrogens is 204 g/mol. The summed E-state index contributed by atoms with van der Waals surface area (Å²) in [6.45, 7) is 6.31. The van der Waals surface area contributed by atoms with E-state index in [0.717, 1.165) is 23.5 Å². The number of carbonyl (C=O) groups is 1. The lowest BCUT2D eigenvalue weighted by Gasteiger charge is -2.12. The van der Waals surface area contributed by atoms with Gasteiger partial charge in [-0.1, -0.05) is 0 Å². The third-order valence-electron chi connectivity index (χ3n) is 2.53. The Labute approximate surface area is 96.2 Å². The number of hydrogen-bond donors (Lipinski definition) is 2. The molecule has 90 valence electrons. The molecule has 1 aromatic heterocycles. The van der Waals surface area contributed by atoms with Crippen LogP contribution in [0.5, 0.6) is 0 Å². The van der Waals surface area contributed by atoms with Crippen molar-refractivity contribution in [3.05, 3.63) is 23.2 Å². The Morgan fingerprint density at radius 3 is 2.75 bits per heavy atom. The van der Waals surface area contributed by atoms with Crippen LogP contribution in [-0.4, -0.2) is 12.5 Å². The van der Waals surface area contributed by atoms with Crippen molar-refractivity contribution >= 4 is 5.91 Å². The Hall–Kier alpha value is -1.29. The second kappa shape index (κ2) is 5.70. The second-order valence-electron chi connectivity index (χ2n) is 4.05. The molecule has 0 aliphatic heterocycles. The molecule has 16 heavy (non-hydrogen) atoms. The highest BCUT2D eigenvalue weighted by Gasteiger charge is 2.14. The first-order valence-electron chi connectivity index (χ1n) is 5.61. The maximum atomic E-state index is 11.5. The monoisotopic (exact) mass is 224 g/mol. The molecule has 0 radical (unpaired) electrons. The molecule has 1 amide bonds. The van der Waals surface area contributed by atoms with Crippen LogP contribution in [0.15, 0.2) is 10.5 Å². The minimum Gasteiger partial charge on any atom is -0.466 e. The summed E-state index contributed by atoms with van der Waals surface area (Å²) in [5.41, 5.74) is 6.39. The van der Waals surface area contributed by atoms with E-state index in [1.54, 1.807) is 0 Å². The minimum atomic E-state index is -0.0114. The summed E-state index contributed by atoms with van der Waals surface area (Å²) >= 11 is 0. The van der Waals surface area contributed by atoms with Crippen molar-refractivity contribution in [2.24, 2.45) is 5.73 Å². The molecule has 0 aromatic carbocycles. The van der Waals surface area contributed by atoms with E-state index >= 15 is 0 Å². The molecule has 4 nitrogen and oxygen atoms in total. The summed E-state index contributed by atoms with van der Waals surface area (Å²) in [7, 11) is 0. The Balaban J connectivity index is 2.55. The van der Waals surface area contributed by atoms with E-state index in [9.17, 15) is 4.79 Å². The summed E-state index contributed by atoms with van der Waals surface area (Å²) in [6, 6.07) is 1.95. The molecule has 0 aliphatic rings. The van der Waals surface area contributed by atoms with Crippen LogP contribution >= 0.6 is 0 Å². The number of aryl methyl sites for hydroxylation is 2. The first kappa shape index (κ1) is 12.8. The van der Waals surface area contributed by atoms with Gasteiger partial charge in [-0.15, -0.1) is 0 Å². The van der Waals surface area contributed by atoms with Gasteiger partial charge in [-0.25, -0.2) is 0 Å². The maximum Gasteiger partial charge on any atom is 0.220 e. The lowest BCUT2D eigenvalue weighted by molar-refractivity contribution is -0.121. The van der Waals surface area contributed by atoms with Gasteiger partial charge < -0.3 is 15.5 Å². The molecule has 0 aliphatic carbocycles. The third kappa shape index (κ3) is 3.38. The van der Waals surface area contributed by atoms with Crippen molar-refractivity contribution in [3.63, 3.8) is 0 Å². The summed E-state index contributed by atoms with van der Waals surface area (Å²) < 4.78 is 5.43. The molecule has 0 spiro atoms. The number of furan rings is 1. The first-order chi connectivity index (χ1) is 7.54. The highest BCUT2D eigenvalue weighted by atomic mass is 16.3. The molecule has 1 aromatic rings. The minimum absolute atomic E-state index is 0.0114. The van der Waals surface area contributed by atoms with Gasteiger partial charge in [0.05, 0.1) is 6.04 Å². The summed E-state index contributed by atoms with van der Waals surface area (Å²) in [5.74, 6) is 1.77. The van der Waals surface area contributed by atoms with E-state index in [-0.39, 0.29) is 11.9 Å². The number of rotatable bonds is 5. The van der Waals surface area contributed by atoms with Crippen LogP contribution in [0.4, 0.5) is 0 Å². The number of carbonyl (C=O) groups excluding carboxylic acids is 1. The van der Waals surface area contributed by atoms with Crippen LogP contribution in [0.1, 0.15) is 42.9 Å². The Morgan fingerprint density at radius 1 is 1.56 bits per heavy atom. The highest BCUT2D eigenvalue weighted by molar-refractivity contribution is 5.76.